The molecule has 0 spiro atoms. The molecule has 1 unspecified atom stereocenters. The van der Waals surface area contributed by atoms with Gasteiger partial charge in [0.2, 0.25) is 10.0 Å². The largest absolute Gasteiger partial charge is 0.212 e. The average molecular weight is 247 g/mol. The van der Waals surface area contributed by atoms with Gasteiger partial charge in [0.15, 0.2) is 0 Å². The Kier molecular flexibility index (Phi) is 3.75. The van der Waals surface area contributed by atoms with E-state index in [1.165, 1.54) is 0 Å². The molecule has 0 aromatic rings. The van der Waals surface area contributed by atoms with Crippen molar-refractivity contribution in [3.05, 3.63) is 0 Å². The molecular formula is C12H25NO2S. The molecule has 1 rings (SSSR count). The van der Waals surface area contributed by atoms with E-state index in [-0.39, 0.29) is 22.6 Å². The Morgan fingerprint density at radius 2 is 1.88 bits per heavy atom. The molecule has 1 aliphatic rings. The number of hydrogen-bond acceptors (Lipinski definition) is 2. The van der Waals surface area contributed by atoms with Gasteiger partial charge in [-0.3, -0.25) is 0 Å². The molecule has 0 radical (unpaired) electrons. The molecule has 16 heavy (non-hydrogen) atoms. The Morgan fingerprint density at radius 3 is 2.25 bits per heavy atom. The van der Waals surface area contributed by atoms with Gasteiger partial charge in [-0.1, -0.05) is 34.6 Å². The highest BCUT2D eigenvalue weighted by Crippen LogP contribution is 2.37. The molecule has 0 aromatic carbocycles. The molecule has 1 fully saturated rings. The normalized spacial score (nSPS) is 25.9. The summed E-state index contributed by atoms with van der Waals surface area (Å²) in [5.41, 5.74) is 0.106. The van der Waals surface area contributed by atoms with E-state index in [9.17, 15) is 8.42 Å². The molecule has 1 atom stereocenters. The first kappa shape index (κ1) is 14.0. The van der Waals surface area contributed by atoms with E-state index >= 15 is 0 Å². The van der Waals surface area contributed by atoms with Gasteiger partial charge in [0, 0.05) is 6.04 Å². The molecule has 1 N–H and O–H groups in total. The molecule has 0 aromatic heterocycles. The Labute approximate surface area is 100 Å². The highest BCUT2D eigenvalue weighted by atomic mass is 32.2. The van der Waals surface area contributed by atoms with Gasteiger partial charge in [-0.15, -0.1) is 0 Å². The van der Waals surface area contributed by atoms with Crippen molar-refractivity contribution in [1.82, 2.24) is 4.72 Å². The van der Waals surface area contributed by atoms with Crippen LogP contribution in [0.1, 0.15) is 53.9 Å². The fourth-order valence-electron chi connectivity index (χ4n) is 2.40. The molecule has 0 aliphatic heterocycles. The topological polar surface area (TPSA) is 46.2 Å². The minimum absolute atomic E-state index is 0.141. The third-order valence-corrected chi connectivity index (χ3v) is 4.88. The lowest BCUT2D eigenvalue weighted by atomic mass is 9.92. The average Bonchev–Trinajstić information content (AvgIpc) is 2.22. The van der Waals surface area contributed by atoms with Crippen molar-refractivity contribution in [3.63, 3.8) is 0 Å². The van der Waals surface area contributed by atoms with Crippen LogP contribution in [-0.4, -0.2) is 20.2 Å². The fraction of sp³-hybridized carbons (Fsp3) is 1.00. The lowest BCUT2D eigenvalue weighted by Gasteiger charge is -2.21. The van der Waals surface area contributed by atoms with Crippen LogP contribution >= 0.6 is 0 Å². The summed E-state index contributed by atoms with van der Waals surface area (Å²) in [4.78, 5) is 0. The first-order valence-electron chi connectivity index (χ1n) is 5.99. The molecule has 0 saturated heterocycles. The van der Waals surface area contributed by atoms with Gasteiger partial charge in [-0.05, 0) is 30.1 Å². The smallest absolute Gasteiger partial charge is 0.212 e. The SMILES string of the molecule is CC(C)(C)CS(=O)(=O)NC1CCC(C)(C)C1. The van der Waals surface area contributed by atoms with Crippen LogP contribution < -0.4 is 4.72 Å². The quantitative estimate of drug-likeness (QED) is 0.833. The first-order chi connectivity index (χ1) is 6.99. The van der Waals surface area contributed by atoms with Crippen molar-refractivity contribution in [2.45, 2.75) is 59.9 Å². The van der Waals surface area contributed by atoms with Gasteiger partial charge in [-0.2, -0.15) is 0 Å². The lowest BCUT2D eigenvalue weighted by Crippen LogP contribution is -2.38. The van der Waals surface area contributed by atoms with Crippen molar-refractivity contribution < 1.29 is 8.42 Å². The van der Waals surface area contributed by atoms with Gasteiger partial charge in [0.1, 0.15) is 0 Å². The molecule has 4 heteroatoms. The summed E-state index contributed by atoms with van der Waals surface area (Å²) in [5, 5.41) is 0. The van der Waals surface area contributed by atoms with Crippen molar-refractivity contribution in [3.8, 4) is 0 Å². The van der Waals surface area contributed by atoms with Crippen LogP contribution in [0.15, 0.2) is 0 Å². The van der Waals surface area contributed by atoms with Gasteiger partial charge >= 0.3 is 0 Å². The Morgan fingerprint density at radius 1 is 1.31 bits per heavy atom. The molecule has 1 saturated carbocycles. The predicted molar refractivity (Wildman–Crippen MR) is 67.8 cm³/mol. The van der Waals surface area contributed by atoms with Crippen LogP contribution in [0.25, 0.3) is 0 Å². The maximum atomic E-state index is 11.9. The monoisotopic (exact) mass is 247 g/mol. The molecule has 96 valence electrons. The summed E-state index contributed by atoms with van der Waals surface area (Å²) in [6, 6.07) is 0.141. The fourth-order valence-corrected chi connectivity index (χ4v) is 4.33. The molecule has 3 nitrogen and oxygen atoms in total. The Hall–Kier alpha value is -0.0900. The summed E-state index contributed by atoms with van der Waals surface area (Å²) in [6.45, 7) is 10.2. The van der Waals surface area contributed by atoms with Crippen LogP contribution in [0, 0.1) is 10.8 Å². The molecular weight excluding hydrogens is 222 g/mol. The first-order valence-corrected chi connectivity index (χ1v) is 7.64. The van der Waals surface area contributed by atoms with Crippen LogP contribution in [0.3, 0.4) is 0 Å². The van der Waals surface area contributed by atoms with E-state index in [2.05, 4.69) is 18.6 Å². The van der Waals surface area contributed by atoms with Gasteiger partial charge < -0.3 is 0 Å². The van der Waals surface area contributed by atoms with E-state index in [0.717, 1.165) is 19.3 Å². The third kappa shape index (κ3) is 4.83. The molecule has 1 aliphatic carbocycles. The van der Waals surface area contributed by atoms with Crippen LogP contribution in [-0.2, 0) is 10.0 Å². The maximum Gasteiger partial charge on any atom is 0.212 e. The van der Waals surface area contributed by atoms with E-state index < -0.39 is 10.0 Å². The number of hydrogen-bond donors (Lipinski definition) is 1. The number of nitrogens with one attached hydrogen (secondary N) is 1. The van der Waals surface area contributed by atoms with Gasteiger partial charge in [0.25, 0.3) is 0 Å². The van der Waals surface area contributed by atoms with Crippen molar-refractivity contribution in [2.24, 2.45) is 10.8 Å². The highest BCUT2D eigenvalue weighted by Gasteiger charge is 2.34. The lowest BCUT2D eigenvalue weighted by molar-refractivity contribution is 0.372. The zero-order valence-corrected chi connectivity index (χ0v) is 11.9. The second-order valence-corrected chi connectivity index (χ2v) is 8.80. The third-order valence-electron chi connectivity index (χ3n) is 2.94. The minimum Gasteiger partial charge on any atom is -0.212 e. The van der Waals surface area contributed by atoms with Crippen molar-refractivity contribution in [1.29, 1.82) is 0 Å². The van der Waals surface area contributed by atoms with Crippen molar-refractivity contribution >= 4 is 10.0 Å². The zero-order valence-electron chi connectivity index (χ0n) is 11.1. The van der Waals surface area contributed by atoms with E-state index in [0.29, 0.717) is 0 Å². The summed E-state index contributed by atoms with van der Waals surface area (Å²) in [7, 11) is -3.12. The minimum atomic E-state index is -3.12. The predicted octanol–water partition coefficient (Wildman–Crippen LogP) is 2.53. The van der Waals surface area contributed by atoms with E-state index in [1.54, 1.807) is 0 Å². The van der Waals surface area contributed by atoms with Crippen molar-refractivity contribution in [2.75, 3.05) is 5.75 Å². The molecule has 0 amide bonds. The standard InChI is InChI=1S/C12H25NO2S/c1-11(2,3)9-16(14,15)13-10-6-7-12(4,5)8-10/h10,13H,6-9H2,1-5H3. The summed E-state index contributed by atoms with van der Waals surface area (Å²) < 4.78 is 26.6. The molecule has 0 heterocycles. The van der Waals surface area contributed by atoms with Gasteiger partial charge in [0.05, 0.1) is 5.75 Å². The summed E-state index contributed by atoms with van der Waals surface area (Å²) >= 11 is 0. The maximum absolute atomic E-state index is 11.9. The highest BCUT2D eigenvalue weighted by molar-refractivity contribution is 7.89. The summed E-state index contributed by atoms with van der Waals surface area (Å²) in [6.07, 6.45) is 3.03. The van der Waals surface area contributed by atoms with Crippen LogP contribution in [0.2, 0.25) is 0 Å². The number of sulfonamides is 1. The van der Waals surface area contributed by atoms with Gasteiger partial charge in [-0.25, -0.2) is 13.1 Å². The van der Waals surface area contributed by atoms with E-state index in [1.807, 2.05) is 20.8 Å². The second kappa shape index (κ2) is 4.30. The Balaban J connectivity index is 2.55. The summed E-state index contributed by atoms with van der Waals surface area (Å²) in [5.74, 6) is 0.205. The van der Waals surface area contributed by atoms with Crippen LogP contribution in [0.4, 0.5) is 0 Å². The zero-order chi connectivity index (χ0) is 12.6. The van der Waals surface area contributed by atoms with E-state index in [4.69, 9.17) is 0 Å². The number of rotatable bonds is 3. The Bertz CT molecular complexity index is 339. The second-order valence-electron chi connectivity index (χ2n) is 7.04. The van der Waals surface area contributed by atoms with Crippen LogP contribution in [0.5, 0.6) is 0 Å². The molecule has 0 bridgehead atoms.